The van der Waals surface area contributed by atoms with Gasteiger partial charge >= 0.3 is 0 Å². The molecule has 0 aliphatic rings. The minimum atomic E-state index is -0.130. The maximum absolute atomic E-state index is 12.3. The van der Waals surface area contributed by atoms with E-state index in [2.05, 4.69) is 46.8 Å². The summed E-state index contributed by atoms with van der Waals surface area (Å²) in [6.07, 6.45) is 0. The first-order valence-electron chi connectivity index (χ1n) is 8.51. The van der Waals surface area contributed by atoms with E-state index in [1.807, 2.05) is 25.1 Å². The maximum Gasteiger partial charge on any atom is 0.234 e. The number of thioether (sulfide) groups is 1. The number of hydrogen-bond donors (Lipinski definition) is 1. The van der Waals surface area contributed by atoms with Crippen molar-refractivity contribution in [3.63, 3.8) is 0 Å². The second kappa shape index (κ2) is 8.54. The summed E-state index contributed by atoms with van der Waals surface area (Å²) in [5, 5.41) is 15.9. The highest BCUT2D eigenvalue weighted by Crippen LogP contribution is 2.22. The zero-order chi connectivity index (χ0) is 19.4. The van der Waals surface area contributed by atoms with Crippen molar-refractivity contribution >= 4 is 35.0 Å². The zero-order valence-corrected chi connectivity index (χ0v) is 16.9. The van der Waals surface area contributed by atoms with E-state index in [1.165, 1.54) is 17.3 Å². The number of tetrazole rings is 1. The molecule has 8 heteroatoms. The number of rotatable bonds is 6. The Balaban J connectivity index is 1.65. The third-order valence-electron chi connectivity index (χ3n) is 4.04. The normalized spacial score (nSPS) is 11.0. The third-order valence-corrected chi connectivity index (χ3v) is 5.19. The Morgan fingerprint density at radius 2 is 1.96 bits per heavy atom. The summed E-state index contributed by atoms with van der Waals surface area (Å²) in [7, 11) is 0. The van der Waals surface area contributed by atoms with Crippen LogP contribution in [0, 0.1) is 6.92 Å². The first kappa shape index (κ1) is 19.4. The van der Waals surface area contributed by atoms with Gasteiger partial charge in [-0.25, -0.2) is 0 Å². The molecule has 27 heavy (non-hydrogen) atoms. The smallest absolute Gasteiger partial charge is 0.234 e. The van der Waals surface area contributed by atoms with E-state index in [0.29, 0.717) is 16.1 Å². The van der Waals surface area contributed by atoms with Gasteiger partial charge in [-0.3, -0.25) is 4.79 Å². The van der Waals surface area contributed by atoms with Crippen LogP contribution < -0.4 is 5.32 Å². The number of halogens is 1. The summed E-state index contributed by atoms with van der Waals surface area (Å²) in [6.45, 7) is 6.19. The second-order valence-corrected chi connectivity index (χ2v) is 7.79. The van der Waals surface area contributed by atoms with E-state index < -0.39 is 0 Å². The number of aryl methyl sites for hydroxylation is 1. The van der Waals surface area contributed by atoms with E-state index >= 15 is 0 Å². The lowest BCUT2D eigenvalue weighted by Crippen LogP contribution is -2.15. The van der Waals surface area contributed by atoms with Crippen molar-refractivity contribution in [3.8, 4) is 5.69 Å². The van der Waals surface area contributed by atoms with Gasteiger partial charge in [0, 0.05) is 10.7 Å². The molecular weight excluding hydrogens is 382 g/mol. The first-order valence-corrected chi connectivity index (χ1v) is 9.88. The summed E-state index contributed by atoms with van der Waals surface area (Å²) >= 11 is 7.23. The van der Waals surface area contributed by atoms with E-state index in [9.17, 15) is 4.79 Å². The van der Waals surface area contributed by atoms with E-state index in [1.54, 1.807) is 16.8 Å². The van der Waals surface area contributed by atoms with E-state index in [4.69, 9.17) is 11.6 Å². The standard InChI is InChI=1S/C19H20ClN5OS/c1-12(2)14-4-7-16(8-5-14)25-19(22-23-24-25)27-11-18(26)21-17-9-6-15(20)10-13(17)3/h4-10,12H,11H2,1-3H3,(H,21,26). The molecule has 3 rings (SSSR count). The molecule has 0 aliphatic heterocycles. The van der Waals surface area contributed by atoms with Crippen molar-refractivity contribution < 1.29 is 4.79 Å². The summed E-state index contributed by atoms with van der Waals surface area (Å²) in [6, 6.07) is 13.4. The molecule has 3 aromatic rings. The molecular formula is C19H20ClN5OS. The van der Waals surface area contributed by atoms with Crippen LogP contribution in [0.4, 0.5) is 5.69 Å². The number of amides is 1. The number of nitrogens with zero attached hydrogens (tertiary/aromatic N) is 4. The monoisotopic (exact) mass is 401 g/mol. The quantitative estimate of drug-likeness (QED) is 0.616. The van der Waals surface area contributed by atoms with Gasteiger partial charge in [0.1, 0.15) is 0 Å². The third kappa shape index (κ3) is 4.87. The highest BCUT2D eigenvalue weighted by atomic mass is 35.5. The van der Waals surface area contributed by atoms with Gasteiger partial charge < -0.3 is 5.32 Å². The fourth-order valence-electron chi connectivity index (χ4n) is 2.52. The molecule has 1 aromatic heterocycles. The van der Waals surface area contributed by atoms with Crippen LogP contribution in [0.1, 0.15) is 30.9 Å². The van der Waals surface area contributed by atoms with Crippen molar-refractivity contribution in [2.45, 2.75) is 31.8 Å². The minimum Gasteiger partial charge on any atom is -0.325 e. The molecule has 1 N–H and O–H groups in total. The van der Waals surface area contributed by atoms with Crippen LogP contribution in [-0.4, -0.2) is 31.9 Å². The number of anilines is 1. The predicted molar refractivity (Wildman–Crippen MR) is 109 cm³/mol. The number of carbonyl (C=O) groups is 1. The average Bonchev–Trinajstić information content (AvgIpc) is 3.11. The lowest BCUT2D eigenvalue weighted by Gasteiger charge is -2.09. The lowest BCUT2D eigenvalue weighted by molar-refractivity contribution is -0.113. The molecule has 0 atom stereocenters. The van der Waals surface area contributed by atoms with Crippen LogP contribution >= 0.6 is 23.4 Å². The summed E-state index contributed by atoms with van der Waals surface area (Å²) in [5.74, 6) is 0.531. The molecule has 0 bridgehead atoms. The molecule has 1 heterocycles. The lowest BCUT2D eigenvalue weighted by atomic mass is 10.0. The Morgan fingerprint density at radius 1 is 1.22 bits per heavy atom. The fourth-order valence-corrected chi connectivity index (χ4v) is 3.43. The number of aromatic nitrogens is 4. The highest BCUT2D eigenvalue weighted by Gasteiger charge is 2.13. The molecule has 0 unspecified atom stereocenters. The van der Waals surface area contributed by atoms with Gasteiger partial charge in [0.05, 0.1) is 11.4 Å². The Morgan fingerprint density at radius 3 is 2.63 bits per heavy atom. The Labute approximate surface area is 167 Å². The number of benzene rings is 2. The van der Waals surface area contributed by atoms with Crippen molar-refractivity contribution in [1.82, 2.24) is 20.2 Å². The topological polar surface area (TPSA) is 72.7 Å². The van der Waals surface area contributed by atoms with Gasteiger partial charge in [0.15, 0.2) is 0 Å². The molecule has 0 spiro atoms. The van der Waals surface area contributed by atoms with Crippen molar-refractivity contribution in [2.24, 2.45) is 0 Å². The van der Waals surface area contributed by atoms with Crippen molar-refractivity contribution in [1.29, 1.82) is 0 Å². The SMILES string of the molecule is Cc1cc(Cl)ccc1NC(=O)CSc1nnnn1-c1ccc(C(C)C)cc1. The molecule has 0 saturated heterocycles. The molecule has 0 aliphatic carbocycles. The summed E-state index contributed by atoms with van der Waals surface area (Å²) in [4.78, 5) is 12.3. The first-order chi connectivity index (χ1) is 12.9. The second-order valence-electron chi connectivity index (χ2n) is 6.42. The molecule has 1 amide bonds. The van der Waals surface area contributed by atoms with Gasteiger partial charge in [-0.15, -0.1) is 5.10 Å². The Bertz CT molecular complexity index is 940. The van der Waals surface area contributed by atoms with Gasteiger partial charge in [-0.05, 0) is 64.7 Å². The Hall–Kier alpha value is -2.38. The van der Waals surface area contributed by atoms with Crippen LogP contribution in [0.25, 0.3) is 5.69 Å². The van der Waals surface area contributed by atoms with Crippen LogP contribution in [0.5, 0.6) is 0 Å². The zero-order valence-electron chi connectivity index (χ0n) is 15.3. The molecule has 0 saturated carbocycles. The van der Waals surface area contributed by atoms with Gasteiger partial charge in [0.2, 0.25) is 11.1 Å². The number of hydrogen-bond acceptors (Lipinski definition) is 5. The van der Waals surface area contributed by atoms with Crippen molar-refractivity contribution in [2.75, 3.05) is 11.1 Å². The van der Waals surface area contributed by atoms with Crippen LogP contribution in [0.3, 0.4) is 0 Å². The summed E-state index contributed by atoms with van der Waals surface area (Å²) < 4.78 is 1.63. The molecule has 0 radical (unpaired) electrons. The maximum atomic E-state index is 12.3. The molecule has 0 fully saturated rings. The molecule has 6 nitrogen and oxygen atoms in total. The number of nitrogens with one attached hydrogen (secondary N) is 1. The van der Waals surface area contributed by atoms with Crippen LogP contribution in [0.2, 0.25) is 5.02 Å². The number of carbonyl (C=O) groups excluding carboxylic acids is 1. The van der Waals surface area contributed by atoms with E-state index in [0.717, 1.165) is 16.9 Å². The van der Waals surface area contributed by atoms with E-state index in [-0.39, 0.29) is 11.7 Å². The summed E-state index contributed by atoms with van der Waals surface area (Å²) in [5.41, 5.74) is 3.77. The molecule has 140 valence electrons. The van der Waals surface area contributed by atoms with Gasteiger partial charge in [-0.1, -0.05) is 49.3 Å². The minimum absolute atomic E-state index is 0.130. The highest BCUT2D eigenvalue weighted by molar-refractivity contribution is 7.99. The van der Waals surface area contributed by atoms with Crippen LogP contribution in [-0.2, 0) is 4.79 Å². The van der Waals surface area contributed by atoms with Gasteiger partial charge in [-0.2, -0.15) is 4.68 Å². The van der Waals surface area contributed by atoms with Gasteiger partial charge in [0.25, 0.3) is 0 Å². The Kier molecular flexibility index (Phi) is 6.13. The largest absolute Gasteiger partial charge is 0.325 e. The average molecular weight is 402 g/mol. The fraction of sp³-hybridized carbons (Fsp3) is 0.263. The predicted octanol–water partition coefficient (Wildman–Crippen LogP) is 4.48. The van der Waals surface area contributed by atoms with Crippen LogP contribution in [0.15, 0.2) is 47.6 Å². The van der Waals surface area contributed by atoms with Crippen molar-refractivity contribution in [3.05, 3.63) is 58.6 Å². The molecule has 2 aromatic carbocycles.